The van der Waals surface area contributed by atoms with Gasteiger partial charge in [0.25, 0.3) is 0 Å². The molecule has 2 aromatic heterocycles. The molecule has 36 heavy (non-hydrogen) atoms. The van der Waals surface area contributed by atoms with Gasteiger partial charge in [0.1, 0.15) is 4.90 Å². The summed E-state index contributed by atoms with van der Waals surface area (Å²) in [6, 6.07) is 21.2. The smallest absolute Gasteiger partial charge is 0.246 e. The Bertz CT molecular complexity index is 1500. The van der Waals surface area contributed by atoms with Gasteiger partial charge in [-0.15, -0.1) is 0 Å². The van der Waals surface area contributed by atoms with E-state index in [0.29, 0.717) is 25.1 Å². The average Bonchev–Trinajstić information content (AvgIpc) is 3.28. The molecule has 4 aromatic rings. The lowest BCUT2D eigenvalue weighted by Gasteiger charge is -2.32. The number of nitriles is 1. The van der Waals surface area contributed by atoms with Gasteiger partial charge in [-0.25, -0.2) is 8.42 Å². The highest BCUT2D eigenvalue weighted by Gasteiger charge is 2.37. The third-order valence-electron chi connectivity index (χ3n) is 6.41. The van der Waals surface area contributed by atoms with Crippen LogP contribution in [0.2, 0.25) is 0 Å². The maximum absolute atomic E-state index is 14.0. The van der Waals surface area contributed by atoms with Crippen molar-refractivity contribution in [3.8, 4) is 6.07 Å². The van der Waals surface area contributed by atoms with Crippen LogP contribution in [0.5, 0.6) is 0 Å². The number of rotatable bonds is 6. The van der Waals surface area contributed by atoms with Crippen LogP contribution < -0.4 is 4.90 Å². The standard InChI is InChI=1S/C27H26N6O2S/c1-31-20-26(16-30-31)36(34,35)33-18-24-12-22(14-28)9-10-27(24)32(17-23-8-5-11-29-15-23)19-25(33)13-21-6-3-2-4-7-21/h2-12,15-16,20,25H,13,17-19H2,1H3/t25-/m1/s1. The molecule has 2 aromatic carbocycles. The van der Waals surface area contributed by atoms with Gasteiger partial charge in [-0.05, 0) is 47.4 Å². The van der Waals surface area contributed by atoms with E-state index in [2.05, 4.69) is 21.1 Å². The molecule has 0 saturated heterocycles. The number of anilines is 1. The molecule has 1 aliphatic heterocycles. The Balaban J connectivity index is 1.62. The first kappa shape index (κ1) is 23.7. The largest absolute Gasteiger partial charge is 0.365 e. The van der Waals surface area contributed by atoms with Crippen molar-refractivity contribution in [1.82, 2.24) is 19.1 Å². The molecule has 0 saturated carbocycles. The lowest BCUT2D eigenvalue weighted by molar-refractivity contribution is 0.318. The molecule has 5 rings (SSSR count). The second kappa shape index (κ2) is 9.93. The number of nitrogens with zero attached hydrogens (tertiary/aromatic N) is 6. The van der Waals surface area contributed by atoms with Gasteiger partial charge < -0.3 is 4.90 Å². The number of pyridine rings is 1. The summed E-state index contributed by atoms with van der Waals surface area (Å²) in [5.74, 6) is 0. The fourth-order valence-electron chi connectivity index (χ4n) is 4.69. The van der Waals surface area contributed by atoms with E-state index in [1.807, 2.05) is 54.7 Å². The molecule has 0 fully saturated rings. The molecule has 0 unspecified atom stereocenters. The SMILES string of the molecule is Cn1cc(S(=O)(=O)N2Cc3cc(C#N)ccc3N(Cc3cccnc3)C[C@H]2Cc2ccccc2)cn1. The Kier molecular flexibility index (Phi) is 6.55. The van der Waals surface area contributed by atoms with Crippen LogP contribution in [0.15, 0.2) is 90.3 Å². The molecule has 0 aliphatic carbocycles. The number of fused-ring (bicyclic) bond motifs is 1. The Morgan fingerprint density at radius 2 is 1.86 bits per heavy atom. The van der Waals surface area contributed by atoms with Gasteiger partial charge in [-0.3, -0.25) is 9.67 Å². The van der Waals surface area contributed by atoms with Gasteiger partial charge in [0.05, 0.1) is 17.8 Å². The molecule has 0 bridgehead atoms. The summed E-state index contributed by atoms with van der Waals surface area (Å²) in [5, 5.41) is 13.7. The minimum atomic E-state index is -3.86. The van der Waals surface area contributed by atoms with E-state index in [1.54, 1.807) is 29.7 Å². The fraction of sp³-hybridized carbons (Fsp3) is 0.222. The Morgan fingerprint density at radius 1 is 1.06 bits per heavy atom. The Labute approximate surface area is 211 Å². The summed E-state index contributed by atoms with van der Waals surface area (Å²) in [5.41, 5.74) is 4.28. The zero-order chi connectivity index (χ0) is 25.1. The van der Waals surface area contributed by atoms with E-state index in [1.165, 1.54) is 17.1 Å². The summed E-state index contributed by atoms with van der Waals surface area (Å²) in [6.45, 7) is 1.20. The molecule has 9 heteroatoms. The van der Waals surface area contributed by atoms with Crippen molar-refractivity contribution in [3.63, 3.8) is 0 Å². The predicted molar refractivity (Wildman–Crippen MR) is 136 cm³/mol. The van der Waals surface area contributed by atoms with Gasteiger partial charge in [-0.2, -0.15) is 14.7 Å². The number of hydrogen-bond acceptors (Lipinski definition) is 6. The maximum Gasteiger partial charge on any atom is 0.246 e. The third-order valence-corrected chi connectivity index (χ3v) is 8.26. The second-order valence-electron chi connectivity index (χ2n) is 8.94. The monoisotopic (exact) mass is 498 g/mol. The van der Waals surface area contributed by atoms with Gasteiger partial charge in [0.2, 0.25) is 10.0 Å². The third kappa shape index (κ3) is 4.87. The number of aromatic nitrogens is 3. The van der Waals surface area contributed by atoms with Crippen LogP contribution in [-0.4, -0.2) is 40.1 Å². The average molecular weight is 499 g/mol. The molecule has 1 aliphatic rings. The molecule has 0 spiro atoms. The Morgan fingerprint density at radius 3 is 2.56 bits per heavy atom. The van der Waals surface area contributed by atoms with Gasteiger partial charge in [0.15, 0.2) is 0 Å². The van der Waals surface area contributed by atoms with Crippen molar-refractivity contribution in [2.24, 2.45) is 7.05 Å². The van der Waals surface area contributed by atoms with Crippen molar-refractivity contribution in [3.05, 3.63) is 108 Å². The van der Waals surface area contributed by atoms with E-state index < -0.39 is 10.0 Å². The van der Waals surface area contributed by atoms with Crippen LogP contribution in [0.4, 0.5) is 5.69 Å². The predicted octanol–water partition coefficient (Wildman–Crippen LogP) is 3.51. The van der Waals surface area contributed by atoms with Crippen LogP contribution >= 0.6 is 0 Å². The van der Waals surface area contributed by atoms with Gasteiger partial charge in [-0.1, -0.05) is 36.4 Å². The summed E-state index contributed by atoms with van der Waals surface area (Å²) in [4.78, 5) is 6.60. The van der Waals surface area contributed by atoms with Crippen LogP contribution in [0.3, 0.4) is 0 Å². The first-order valence-electron chi connectivity index (χ1n) is 11.7. The normalized spacial score (nSPS) is 16.2. The summed E-state index contributed by atoms with van der Waals surface area (Å²) in [7, 11) is -2.16. The first-order chi connectivity index (χ1) is 17.4. The lowest BCUT2D eigenvalue weighted by atomic mass is 10.1. The van der Waals surface area contributed by atoms with Crippen LogP contribution in [-0.2, 0) is 36.6 Å². The van der Waals surface area contributed by atoms with E-state index in [-0.39, 0.29) is 17.5 Å². The fourth-order valence-corrected chi connectivity index (χ4v) is 6.27. The molecular formula is C27H26N6O2S. The highest BCUT2D eigenvalue weighted by molar-refractivity contribution is 7.89. The van der Waals surface area contributed by atoms with Crippen molar-refractivity contribution in [2.45, 2.75) is 30.4 Å². The Hall–Kier alpha value is -4.00. The van der Waals surface area contributed by atoms with Crippen LogP contribution in [0.25, 0.3) is 0 Å². The molecule has 3 heterocycles. The number of hydrogen-bond donors (Lipinski definition) is 0. The number of benzene rings is 2. The highest BCUT2D eigenvalue weighted by atomic mass is 32.2. The number of aryl methyl sites for hydroxylation is 1. The molecule has 182 valence electrons. The molecule has 1 atom stereocenters. The summed E-state index contributed by atoms with van der Waals surface area (Å²) < 4.78 is 31.0. The van der Waals surface area contributed by atoms with Gasteiger partial charge in [0, 0.05) is 57.0 Å². The van der Waals surface area contributed by atoms with Crippen molar-refractivity contribution in [2.75, 3.05) is 11.4 Å². The summed E-state index contributed by atoms with van der Waals surface area (Å²) in [6.07, 6.45) is 7.02. The zero-order valence-corrected chi connectivity index (χ0v) is 20.7. The second-order valence-corrected chi connectivity index (χ2v) is 10.8. The molecule has 0 radical (unpaired) electrons. The number of sulfonamides is 1. The minimum Gasteiger partial charge on any atom is -0.365 e. The van der Waals surface area contributed by atoms with E-state index >= 15 is 0 Å². The quantitative estimate of drug-likeness (QED) is 0.404. The van der Waals surface area contributed by atoms with E-state index in [0.717, 1.165) is 22.4 Å². The molecule has 0 N–H and O–H groups in total. The highest BCUT2D eigenvalue weighted by Crippen LogP contribution is 2.33. The lowest BCUT2D eigenvalue weighted by Crippen LogP contribution is -2.45. The van der Waals surface area contributed by atoms with Gasteiger partial charge >= 0.3 is 0 Å². The molecule has 8 nitrogen and oxygen atoms in total. The van der Waals surface area contributed by atoms with Crippen molar-refractivity contribution >= 4 is 15.7 Å². The maximum atomic E-state index is 14.0. The first-order valence-corrected chi connectivity index (χ1v) is 13.1. The molecular weight excluding hydrogens is 472 g/mol. The summed E-state index contributed by atoms with van der Waals surface area (Å²) >= 11 is 0. The van der Waals surface area contributed by atoms with E-state index in [9.17, 15) is 13.7 Å². The molecule has 0 amide bonds. The zero-order valence-electron chi connectivity index (χ0n) is 19.9. The van der Waals surface area contributed by atoms with E-state index in [4.69, 9.17) is 0 Å². The van der Waals surface area contributed by atoms with Crippen LogP contribution in [0.1, 0.15) is 22.3 Å². The van der Waals surface area contributed by atoms with Crippen LogP contribution in [0, 0.1) is 11.3 Å². The minimum absolute atomic E-state index is 0.154. The van der Waals surface area contributed by atoms with Crippen molar-refractivity contribution < 1.29 is 8.42 Å². The van der Waals surface area contributed by atoms with Crippen molar-refractivity contribution in [1.29, 1.82) is 5.26 Å². The topological polar surface area (TPSA) is 95.1 Å².